The first kappa shape index (κ1) is 19.4. The van der Waals surface area contributed by atoms with Gasteiger partial charge in [0.15, 0.2) is 0 Å². The number of carbonyl (C=O) groups is 2. The zero-order valence-corrected chi connectivity index (χ0v) is 15.1. The third-order valence-electron chi connectivity index (χ3n) is 3.76. The smallest absolute Gasteiger partial charge is 0.309 e. The molecule has 1 aromatic carbocycles. The molecule has 0 aliphatic carbocycles. The largest absolute Gasteiger partial charge is 0.360 e. The molecule has 1 heterocycles. The summed E-state index contributed by atoms with van der Waals surface area (Å²) in [6.45, 7) is 4.49. The van der Waals surface area contributed by atoms with E-state index >= 15 is 0 Å². The summed E-state index contributed by atoms with van der Waals surface area (Å²) in [6.07, 6.45) is -0.287. The first-order chi connectivity index (χ1) is 11.9. The molecular weight excluding hydrogens is 346 g/mol. The van der Waals surface area contributed by atoms with E-state index in [0.717, 1.165) is 5.56 Å². The molecule has 1 unspecified atom stereocenters. The molecule has 1 aromatic rings. The summed E-state index contributed by atoms with van der Waals surface area (Å²) in [5.74, 6) is -1.57. The highest BCUT2D eigenvalue weighted by molar-refractivity contribution is 7.89. The van der Waals surface area contributed by atoms with Gasteiger partial charge >= 0.3 is 11.8 Å². The molecule has 0 radical (unpaired) electrons. The van der Waals surface area contributed by atoms with Crippen LogP contribution in [0.15, 0.2) is 29.2 Å². The predicted molar refractivity (Wildman–Crippen MR) is 91.1 cm³/mol. The number of hydrogen-bond acceptors (Lipinski definition) is 5. The normalized spacial score (nSPS) is 18.6. The molecule has 2 amide bonds. The molecule has 2 N–H and O–H groups in total. The van der Waals surface area contributed by atoms with Crippen molar-refractivity contribution in [2.24, 2.45) is 0 Å². The van der Waals surface area contributed by atoms with Gasteiger partial charge in [0.1, 0.15) is 6.23 Å². The summed E-state index contributed by atoms with van der Waals surface area (Å²) in [4.78, 5) is 23.3. The topological polar surface area (TPSA) is 105 Å². The Morgan fingerprint density at radius 3 is 2.48 bits per heavy atom. The average Bonchev–Trinajstić information content (AvgIpc) is 2.60. The van der Waals surface area contributed by atoms with Crippen molar-refractivity contribution in [2.45, 2.75) is 31.4 Å². The number of aryl methyl sites for hydroxylation is 1. The molecule has 1 saturated heterocycles. The molecule has 138 valence electrons. The Labute approximate surface area is 147 Å². The van der Waals surface area contributed by atoms with E-state index in [1.54, 1.807) is 31.2 Å². The Kier molecular flexibility index (Phi) is 6.51. The van der Waals surface area contributed by atoms with Crippen LogP contribution in [0.2, 0.25) is 0 Å². The summed E-state index contributed by atoms with van der Waals surface area (Å²) in [5.41, 5.74) is 0.958. The van der Waals surface area contributed by atoms with Gasteiger partial charge in [-0.3, -0.25) is 9.59 Å². The molecule has 8 nitrogen and oxygen atoms in total. The van der Waals surface area contributed by atoms with Gasteiger partial charge in [-0.05, 0) is 32.4 Å². The second-order valence-corrected chi connectivity index (χ2v) is 7.57. The summed E-state index contributed by atoms with van der Waals surface area (Å²) in [5, 5.41) is 4.80. The molecule has 1 atom stereocenters. The number of nitrogens with zero attached hydrogens (tertiary/aromatic N) is 1. The lowest BCUT2D eigenvalue weighted by Crippen LogP contribution is -2.53. The van der Waals surface area contributed by atoms with Crippen LogP contribution in [0.5, 0.6) is 0 Å². The summed E-state index contributed by atoms with van der Waals surface area (Å²) in [7, 11) is -3.75. The van der Waals surface area contributed by atoms with Gasteiger partial charge in [0.2, 0.25) is 10.0 Å². The van der Waals surface area contributed by atoms with Crippen LogP contribution >= 0.6 is 0 Å². The predicted octanol–water partition coefficient (Wildman–Crippen LogP) is -0.0156. The fourth-order valence-electron chi connectivity index (χ4n) is 2.45. The van der Waals surface area contributed by atoms with Crippen molar-refractivity contribution < 1.29 is 22.7 Å². The fraction of sp³-hybridized carbons (Fsp3) is 0.500. The third-order valence-corrected chi connectivity index (χ3v) is 5.67. The second kappa shape index (κ2) is 8.41. The van der Waals surface area contributed by atoms with Crippen molar-refractivity contribution in [1.82, 2.24) is 14.9 Å². The number of amides is 2. The molecule has 1 aliphatic rings. The highest BCUT2D eigenvalue weighted by atomic mass is 32.2. The minimum absolute atomic E-state index is 0.0962. The van der Waals surface area contributed by atoms with Gasteiger partial charge in [-0.25, -0.2) is 8.42 Å². The van der Waals surface area contributed by atoms with Crippen LogP contribution in [-0.2, 0) is 24.3 Å². The molecule has 25 heavy (non-hydrogen) atoms. The van der Waals surface area contributed by atoms with Crippen LogP contribution in [0.3, 0.4) is 0 Å². The monoisotopic (exact) mass is 369 g/mol. The zero-order chi connectivity index (χ0) is 18.4. The van der Waals surface area contributed by atoms with Crippen molar-refractivity contribution in [3.8, 4) is 0 Å². The van der Waals surface area contributed by atoms with E-state index in [1.807, 2.05) is 6.92 Å². The Hall–Kier alpha value is -1.97. The molecule has 0 saturated carbocycles. The van der Waals surface area contributed by atoms with Crippen molar-refractivity contribution in [2.75, 3.05) is 26.2 Å². The van der Waals surface area contributed by atoms with Crippen molar-refractivity contribution in [3.05, 3.63) is 29.8 Å². The van der Waals surface area contributed by atoms with Crippen LogP contribution in [0.25, 0.3) is 0 Å². The highest BCUT2D eigenvalue weighted by Gasteiger charge is 2.34. The van der Waals surface area contributed by atoms with E-state index in [2.05, 4.69) is 10.6 Å². The van der Waals surface area contributed by atoms with E-state index in [-0.39, 0.29) is 18.0 Å². The summed E-state index contributed by atoms with van der Waals surface area (Å²) in [6, 6.07) is 6.54. The maximum Gasteiger partial charge on any atom is 0.309 e. The minimum atomic E-state index is -3.75. The standard InChI is InChI=1S/C16H23N3O5S/c1-3-17-15(20)16(21)18-11-14-19(9-4-10-24-14)25(22,23)13-7-5-12(2)6-8-13/h5-8,14H,3-4,9-11H2,1-2H3,(H,17,20)(H,18,21). The van der Waals surface area contributed by atoms with Crippen LogP contribution < -0.4 is 10.6 Å². The third kappa shape index (κ3) is 4.77. The van der Waals surface area contributed by atoms with Gasteiger partial charge in [0, 0.05) is 13.1 Å². The lowest BCUT2D eigenvalue weighted by atomic mass is 10.2. The number of likely N-dealkylation sites (N-methyl/N-ethyl adjacent to an activating group) is 1. The van der Waals surface area contributed by atoms with Gasteiger partial charge in [-0.2, -0.15) is 4.31 Å². The van der Waals surface area contributed by atoms with Gasteiger partial charge in [-0.15, -0.1) is 0 Å². The van der Waals surface area contributed by atoms with E-state index in [0.29, 0.717) is 19.6 Å². The zero-order valence-electron chi connectivity index (χ0n) is 14.3. The molecule has 9 heteroatoms. The van der Waals surface area contributed by atoms with Crippen molar-refractivity contribution >= 4 is 21.8 Å². The number of ether oxygens (including phenoxy) is 1. The Morgan fingerprint density at radius 2 is 1.84 bits per heavy atom. The van der Waals surface area contributed by atoms with Crippen LogP contribution in [0.4, 0.5) is 0 Å². The molecule has 0 aromatic heterocycles. The Morgan fingerprint density at radius 1 is 1.20 bits per heavy atom. The first-order valence-corrected chi connectivity index (χ1v) is 9.56. The quantitative estimate of drug-likeness (QED) is 0.710. The number of rotatable bonds is 5. The van der Waals surface area contributed by atoms with Gasteiger partial charge in [-0.1, -0.05) is 17.7 Å². The van der Waals surface area contributed by atoms with Crippen molar-refractivity contribution in [3.63, 3.8) is 0 Å². The lowest BCUT2D eigenvalue weighted by molar-refractivity contribution is -0.140. The summed E-state index contributed by atoms with van der Waals surface area (Å²) >= 11 is 0. The van der Waals surface area contributed by atoms with E-state index in [9.17, 15) is 18.0 Å². The van der Waals surface area contributed by atoms with Gasteiger partial charge in [0.25, 0.3) is 0 Å². The minimum Gasteiger partial charge on any atom is -0.360 e. The lowest BCUT2D eigenvalue weighted by Gasteiger charge is -2.34. The van der Waals surface area contributed by atoms with Gasteiger partial charge in [0.05, 0.1) is 18.0 Å². The van der Waals surface area contributed by atoms with E-state index in [1.165, 1.54) is 4.31 Å². The molecular formula is C16H23N3O5S. The number of hydrogen-bond donors (Lipinski definition) is 2. The highest BCUT2D eigenvalue weighted by Crippen LogP contribution is 2.22. The van der Waals surface area contributed by atoms with E-state index < -0.39 is 28.1 Å². The Balaban J connectivity index is 2.10. The molecule has 2 rings (SSSR count). The fourth-order valence-corrected chi connectivity index (χ4v) is 4.01. The average molecular weight is 369 g/mol. The van der Waals surface area contributed by atoms with Crippen LogP contribution in [0, 0.1) is 6.92 Å². The number of nitrogens with one attached hydrogen (secondary N) is 2. The Bertz CT molecular complexity index is 718. The number of benzene rings is 1. The molecule has 0 spiro atoms. The molecule has 1 aliphatic heterocycles. The maximum absolute atomic E-state index is 12.8. The second-order valence-electron chi connectivity index (χ2n) is 5.68. The van der Waals surface area contributed by atoms with Crippen LogP contribution in [0.1, 0.15) is 18.9 Å². The molecule has 1 fully saturated rings. The SMILES string of the molecule is CCNC(=O)C(=O)NCC1OCCCN1S(=O)(=O)c1ccc(C)cc1. The van der Waals surface area contributed by atoms with Crippen LogP contribution in [-0.4, -0.2) is 57.0 Å². The maximum atomic E-state index is 12.8. The molecule has 0 bridgehead atoms. The van der Waals surface area contributed by atoms with Crippen molar-refractivity contribution in [1.29, 1.82) is 0 Å². The summed E-state index contributed by atoms with van der Waals surface area (Å²) < 4.78 is 32.4. The number of carbonyl (C=O) groups excluding carboxylic acids is 2. The first-order valence-electron chi connectivity index (χ1n) is 8.12. The van der Waals surface area contributed by atoms with Gasteiger partial charge < -0.3 is 15.4 Å². The van der Waals surface area contributed by atoms with E-state index in [4.69, 9.17) is 4.74 Å². The number of sulfonamides is 1.